The van der Waals surface area contributed by atoms with Gasteiger partial charge in [-0.2, -0.15) is 10.2 Å². The van der Waals surface area contributed by atoms with Gasteiger partial charge in [-0.25, -0.2) is 4.79 Å². The van der Waals surface area contributed by atoms with Gasteiger partial charge in [0.2, 0.25) is 0 Å². The number of nitrogens with zero attached hydrogens (tertiary/aromatic N) is 2. The van der Waals surface area contributed by atoms with Gasteiger partial charge in [0.25, 0.3) is 0 Å². The second-order valence-corrected chi connectivity index (χ2v) is 5.68. The third-order valence-corrected chi connectivity index (χ3v) is 3.85. The Morgan fingerprint density at radius 1 is 1.08 bits per heavy atom. The molecule has 126 valence electrons. The lowest BCUT2D eigenvalue weighted by Crippen LogP contribution is -2.29. The van der Waals surface area contributed by atoms with Crippen LogP contribution < -0.4 is 11.1 Å². The molecule has 3 rings (SSSR count). The number of nitrogens with one attached hydrogen (secondary N) is 1. The van der Waals surface area contributed by atoms with E-state index in [2.05, 4.69) is 15.5 Å². The van der Waals surface area contributed by atoms with E-state index in [0.29, 0.717) is 17.8 Å². The molecule has 0 saturated heterocycles. The van der Waals surface area contributed by atoms with Gasteiger partial charge in [0.05, 0.1) is 17.9 Å². The van der Waals surface area contributed by atoms with Crippen molar-refractivity contribution in [1.29, 1.82) is 0 Å². The number of hydrogen-bond acceptors (Lipinski definition) is 4. The third kappa shape index (κ3) is 4.32. The summed E-state index contributed by atoms with van der Waals surface area (Å²) in [5.41, 5.74) is 9.79. The molecule has 0 radical (unpaired) electrons. The van der Waals surface area contributed by atoms with E-state index in [0.717, 1.165) is 16.7 Å². The van der Waals surface area contributed by atoms with Gasteiger partial charge >= 0.3 is 6.09 Å². The van der Waals surface area contributed by atoms with Gasteiger partial charge < -0.3 is 16.2 Å². The van der Waals surface area contributed by atoms with E-state index in [4.69, 9.17) is 10.8 Å². The normalized spacial score (nSPS) is 11.7. The van der Waals surface area contributed by atoms with Crippen LogP contribution in [0.2, 0.25) is 0 Å². The predicted molar refractivity (Wildman–Crippen MR) is 95.9 cm³/mol. The van der Waals surface area contributed by atoms with Crippen molar-refractivity contribution >= 4 is 11.8 Å². The van der Waals surface area contributed by atoms with Crippen molar-refractivity contribution in [2.24, 2.45) is 0 Å². The number of hydrogen-bond donors (Lipinski definition) is 3. The Hall–Kier alpha value is -3.41. The van der Waals surface area contributed by atoms with E-state index < -0.39 is 12.1 Å². The maximum Gasteiger partial charge on any atom is 0.405 e. The van der Waals surface area contributed by atoms with Crippen LogP contribution in [0.15, 0.2) is 66.9 Å². The van der Waals surface area contributed by atoms with E-state index >= 15 is 0 Å². The lowest BCUT2D eigenvalue weighted by Gasteiger charge is -2.17. The number of benzene rings is 2. The quantitative estimate of drug-likeness (QED) is 0.622. The van der Waals surface area contributed by atoms with Crippen LogP contribution in [0.4, 0.5) is 10.5 Å². The second-order valence-electron chi connectivity index (χ2n) is 5.68. The van der Waals surface area contributed by atoms with Crippen LogP contribution in [0.25, 0.3) is 11.1 Å². The van der Waals surface area contributed by atoms with Crippen LogP contribution in [0.5, 0.6) is 0 Å². The summed E-state index contributed by atoms with van der Waals surface area (Å²) in [6, 6.07) is 18.4. The molecule has 0 fully saturated rings. The summed E-state index contributed by atoms with van der Waals surface area (Å²) in [5, 5.41) is 19.9. The molecule has 1 aromatic heterocycles. The number of amides is 1. The lowest BCUT2D eigenvalue weighted by atomic mass is 10.0. The molecule has 0 aliphatic carbocycles. The van der Waals surface area contributed by atoms with Crippen molar-refractivity contribution < 1.29 is 9.90 Å². The molecule has 6 nitrogen and oxygen atoms in total. The average Bonchev–Trinajstić information content (AvgIpc) is 2.62. The number of rotatable bonds is 5. The fourth-order valence-electron chi connectivity index (χ4n) is 2.62. The fraction of sp³-hybridized carbons (Fsp3) is 0.105. The smallest absolute Gasteiger partial charge is 0.405 e. The molecule has 1 atom stereocenters. The van der Waals surface area contributed by atoms with Gasteiger partial charge in [0.1, 0.15) is 0 Å². The maximum atomic E-state index is 11.2. The molecule has 6 heteroatoms. The Balaban J connectivity index is 1.91. The summed E-state index contributed by atoms with van der Waals surface area (Å²) in [6.45, 7) is 0. The van der Waals surface area contributed by atoms with Crippen molar-refractivity contribution in [2.45, 2.75) is 12.5 Å². The summed E-state index contributed by atoms with van der Waals surface area (Å²) < 4.78 is 0. The van der Waals surface area contributed by atoms with Gasteiger partial charge in [-0.15, -0.1) is 0 Å². The standard InChI is InChI=1S/C19H18N4O2/c20-16-8-6-14(7-9-16)15-11-18(23-21-12-15)17(22-19(24)25)10-13-4-2-1-3-5-13/h1-9,11-12,17,22H,10,20H2,(H,24,25). The summed E-state index contributed by atoms with van der Waals surface area (Å²) in [6.07, 6.45) is 1.04. The molecule has 0 saturated carbocycles. The van der Waals surface area contributed by atoms with Crippen LogP contribution in [0.1, 0.15) is 17.3 Å². The molecule has 0 spiro atoms. The molecular formula is C19H18N4O2. The van der Waals surface area contributed by atoms with Gasteiger partial charge in [-0.1, -0.05) is 42.5 Å². The van der Waals surface area contributed by atoms with E-state index in [-0.39, 0.29) is 0 Å². The van der Waals surface area contributed by atoms with Crippen molar-refractivity contribution in [3.8, 4) is 11.1 Å². The van der Waals surface area contributed by atoms with Gasteiger partial charge in [-0.3, -0.25) is 0 Å². The molecule has 1 unspecified atom stereocenters. The minimum absolute atomic E-state index is 0.485. The first-order valence-electron chi connectivity index (χ1n) is 7.84. The maximum absolute atomic E-state index is 11.2. The third-order valence-electron chi connectivity index (χ3n) is 3.85. The Labute approximate surface area is 145 Å². The van der Waals surface area contributed by atoms with Crippen LogP contribution >= 0.6 is 0 Å². The Morgan fingerprint density at radius 2 is 1.80 bits per heavy atom. The highest BCUT2D eigenvalue weighted by molar-refractivity contribution is 5.67. The van der Waals surface area contributed by atoms with E-state index in [1.54, 1.807) is 6.20 Å². The predicted octanol–water partition coefficient (Wildman–Crippen LogP) is 3.28. The molecule has 2 aromatic carbocycles. The second kappa shape index (κ2) is 7.44. The number of carboxylic acid groups (broad SMARTS) is 1. The van der Waals surface area contributed by atoms with Crippen molar-refractivity contribution in [2.75, 3.05) is 5.73 Å². The highest BCUT2D eigenvalue weighted by Crippen LogP contribution is 2.23. The van der Waals surface area contributed by atoms with E-state index in [1.807, 2.05) is 60.7 Å². The largest absolute Gasteiger partial charge is 0.465 e. The average molecular weight is 334 g/mol. The molecule has 25 heavy (non-hydrogen) atoms. The first-order chi connectivity index (χ1) is 12.1. The first-order valence-corrected chi connectivity index (χ1v) is 7.84. The fourth-order valence-corrected chi connectivity index (χ4v) is 2.62. The number of nitrogen functional groups attached to an aromatic ring is 1. The Kier molecular flexibility index (Phi) is 4.89. The zero-order chi connectivity index (χ0) is 17.6. The van der Waals surface area contributed by atoms with Crippen LogP contribution in [0, 0.1) is 0 Å². The monoisotopic (exact) mass is 334 g/mol. The number of nitrogens with two attached hydrogens (primary N) is 1. The molecule has 1 heterocycles. The van der Waals surface area contributed by atoms with Crippen LogP contribution in [-0.2, 0) is 6.42 Å². The summed E-state index contributed by atoms with van der Waals surface area (Å²) in [7, 11) is 0. The Morgan fingerprint density at radius 3 is 2.48 bits per heavy atom. The SMILES string of the molecule is Nc1ccc(-c2cnnc(C(Cc3ccccc3)NC(=O)O)c2)cc1. The Bertz CT molecular complexity index is 851. The van der Waals surface area contributed by atoms with Gasteiger partial charge in [0, 0.05) is 11.3 Å². The van der Waals surface area contributed by atoms with Gasteiger partial charge in [-0.05, 0) is 35.7 Å². The van der Waals surface area contributed by atoms with E-state index in [1.165, 1.54) is 0 Å². The topological polar surface area (TPSA) is 101 Å². The molecule has 0 aliphatic rings. The number of anilines is 1. The molecule has 1 amide bonds. The molecule has 0 bridgehead atoms. The molecule has 0 aliphatic heterocycles. The summed E-state index contributed by atoms with van der Waals surface area (Å²) in [4.78, 5) is 11.2. The van der Waals surface area contributed by atoms with Gasteiger partial charge in [0.15, 0.2) is 0 Å². The van der Waals surface area contributed by atoms with E-state index in [9.17, 15) is 4.79 Å². The molecule has 4 N–H and O–H groups in total. The first kappa shape index (κ1) is 16.4. The minimum Gasteiger partial charge on any atom is -0.465 e. The van der Waals surface area contributed by atoms with Crippen molar-refractivity contribution in [3.05, 3.63) is 78.1 Å². The van der Waals surface area contributed by atoms with Crippen LogP contribution in [0.3, 0.4) is 0 Å². The zero-order valence-electron chi connectivity index (χ0n) is 13.5. The van der Waals surface area contributed by atoms with Crippen LogP contribution in [-0.4, -0.2) is 21.4 Å². The molecule has 3 aromatic rings. The summed E-state index contributed by atoms with van der Waals surface area (Å²) in [5.74, 6) is 0. The zero-order valence-corrected chi connectivity index (χ0v) is 13.5. The molecular weight excluding hydrogens is 316 g/mol. The lowest BCUT2D eigenvalue weighted by molar-refractivity contribution is 0.189. The summed E-state index contributed by atoms with van der Waals surface area (Å²) >= 11 is 0. The number of aromatic nitrogens is 2. The minimum atomic E-state index is -1.10. The van der Waals surface area contributed by atoms with Crippen molar-refractivity contribution in [3.63, 3.8) is 0 Å². The highest BCUT2D eigenvalue weighted by atomic mass is 16.4. The van der Waals surface area contributed by atoms with Crippen molar-refractivity contribution in [1.82, 2.24) is 15.5 Å². The highest BCUT2D eigenvalue weighted by Gasteiger charge is 2.17. The number of carbonyl (C=O) groups is 1.